The maximum absolute atomic E-state index is 15.9. The van der Waals surface area contributed by atoms with Gasteiger partial charge in [-0.05, 0) is 54.7 Å². The zero-order valence-electron chi connectivity index (χ0n) is 25.1. The molecule has 45 heavy (non-hydrogen) atoms. The summed E-state index contributed by atoms with van der Waals surface area (Å²) in [7, 11) is 1.36. The monoisotopic (exact) mass is 769 g/mol. The number of benzene rings is 3. The lowest BCUT2D eigenvalue weighted by atomic mass is 9.62. The highest BCUT2D eigenvalue weighted by Crippen LogP contribution is 2.53. The topological polar surface area (TPSA) is 111 Å². The van der Waals surface area contributed by atoms with Crippen LogP contribution in [0.2, 0.25) is 10.0 Å². The Morgan fingerprint density at radius 2 is 1.89 bits per heavy atom. The van der Waals surface area contributed by atoms with Crippen LogP contribution in [0, 0.1) is 28.4 Å². The van der Waals surface area contributed by atoms with Crippen LogP contribution < -0.4 is 15.4 Å². The van der Waals surface area contributed by atoms with E-state index in [1.807, 2.05) is 20.8 Å². The molecule has 0 bridgehead atoms. The number of nitrogens with one attached hydrogen (secondary N) is 2. The van der Waals surface area contributed by atoms with Gasteiger partial charge in [-0.15, -0.1) is 0 Å². The largest absolute Gasteiger partial charge is 0.494 e. The number of alkyl halides is 1. The molecule has 0 radical (unpaired) electrons. The zero-order valence-corrected chi connectivity index (χ0v) is 28.8. The molecule has 7 nitrogen and oxygen atoms in total. The van der Waals surface area contributed by atoms with Crippen molar-refractivity contribution in [2.45, 2.75) is 61.5 Å². The number of carbonyl (C=O) groups is 2. The van der Waals surface area contributed by atoms with Gasteiger partial charge in [0.2, 0.25) is 5.91 Å². The molecule has 1 fully saturated rings. The van der Waals surface area contributed by atoms with Gasteiger partial charge in [0.25, 0.3) is 0 Å². The summed E-state index contributed by atoms with van der Waals surface area (Å²) in [6, 6.07) is 11.2. The summed E-state index contributed by atoms with van der Waals surface area (Å²) in [6.45, 7) is 7.61. The molecule has 1 heterocycles. The highest BCUT2D eigenvalue weighted by Gasteiger charge is 2.61. The Kier molecular flexibility index (Phi) is 10.4. The number of carbonyl (C=O) groups excluding carboxylic acids is 1. The molecule has 1 amide bonds. The number of hydrogen-bond acceptors (Lipinski definition) is 5. The van der Waals surface area contributed by atoms with Crippen LogP contribution in [-0.4, -0.2) is 36.2 Å². The first-order valence-corrected chi connectivity index (χ1v) is 16.0. The molecule has 0 aliphatic carbocycles. The van der Waals surface area contributed by atoms with E-state index >= 15 is 8.78 Å². The van der Waals surface area contributed by atoms with Gasteiger partial charge in [-0.2, -0.15) is 5.26 Å². The normalized spacial score (nSPS) is 22.0. The van der Waals surface area contributed by atoms with E-state index in [-0.39, 0.29) is 42.1 Å². The van der Waals surface area contributed by atoms with Gasteiger partial charge in [-0.1, -0.05) is 84.8 Å². The fourth-order valence-corrected chi connectivity index (χ4v) is 7.23. The Morgan fingerprint density at radius 3 is 2.44 bits per heavy atom. The lowest BCUT2D eigenvalue weighted by Gasteiger charge is -2.37. The number of amides is 1. The molecule has 1 aliphatic heterocycles. The molecule has 0 saturated carbocycles. The first-order valence-electron chi connectivity index (χ1n) is 14.0. The Bertz CT molecular complexity index is 1690. The third kappa shape index (κ3) is 6.64. The lowest BCUT2D eigenvalue weighted by molar-refractivity contribution is -0.118. The maximum atomic E-state index is 15.9. The molecule has 3 aromatic carbocycles. The molecule has 5 atom stereocenters. The molecule has 238 valence electrons. The van der Waals surface area contributed by atoms with Crippen molar-refractivity contribution in [2.24, 2.45) is 5.41 Å². The number of nitrogens with zero attached hydrogens (tertiary/aromatic N) is 1. The average Bonchev–Trinajstić information content (AvgIpc) is 3.26. The van der Waals surface area contributed by atoms with Gasteiger partial charge in [0, 0.05) is 32.0 Å². The van der Waals surface area contributed by atoms with Crippen molar-refractivity contribution in [2.75, 3.05) is 12.4 Å². The summed E-state index contributed by atoms with van der Waals surface area (Å²) in [4.78, 5) is 26.3. The van der Waals surface area contributed by atoms with Gasteiger partial charge >= 0.3 is 5.97 Å². The number of carboxylic acids is 1. The smallest absolute Gasteiger partial charge is 0.336 e. The van der Waals surface area contributed by atoms with E-state index in [1.54, 1.807) is 6.92 Å². The van der Waals surface area contributed by atoms with Crippen molar-refractivity contribution >= 4 is 63.4 Å². The predicted molar refractivity (Wildman–Crippen MR) is 179 cm³/mol. The van der Waals surface area contributed by atoms with E-state index in [9.17, 15) is 20.0 Å². The van der Waals surface area contributed by atoms with Crippen LogP contribution in [0.5, 0.6) is 5.75 Å². The van der Waals surface area contributed by atoms with Crippen LogP contribution in [-0.2, 0) is 10.2 Å². The van der Waals surface area contributed by atoms with Gasteiger partial charge in [0.15, 0.2) is 0 Å². The van der Waals surface area contributed by atoms with Crippen LogP contribution in [0.1, 0.15) is 71.0 Å². The SMILES string of the molecule is COc1c(NC(=O)[C@@H]2N[C@@H](CC(C)(C)C)[C@](C#N)(c3ccc(Cl)cc3F)[C@H]2c2cccc(Cl)c2F)ccc(C(=O)O)c1C(C)I. The second-order valence-electron chi connectivity index (χ2n) is 12.2. The summed E-state index contributed by atoms with van der Waals surface area (Å²) in [5.74, 6) is -4.55. The summed E-state index contributed by atoms with van der Waals surface area (Å²) in [6.07, 6.45) is 0.304. The number of carboxylic acid groups (broad SMARTS) is 1. The van der Waals surface area contributed by atoms with E-state index in [2.05, 4.69) is 39.3 Å². The number of hydrogen-bond donors (Lipinski definition) is 3. The van der Waals surface area contributed by atoms with Gasteiger partial charge in [-0.3, -0.25) is 4.79 Å². The summed E-state index contributed by atoms with van der Waals surface area (Å²) < 4.78 is 37.1. The molecule has 3 aromatic rings. The van der Waals surface area contributed by atoms with Crippen LogP contribution in [0.4, 0.5) is 14.5 Å². The molecule has 12 heteroatoms. The molecular formula is C33H32Cl2F2IN3O4. The fraction of sp³-hybridized carbons (Fsp3) is 0.364. The Balaban J connectivity index is 1.97. The third-order valence-electron chi connectivity index (χ3n) is 8.02. The van der Waals surface area contributed by atoms with Crippen molar-refractivity contribution in [1.29, 1.82) is 5.26 Å². The lowest BCUT2D eigenvalue weighted by Crippen LogP contribution is -2.45. The van der Waals surface area contributed by atoms with E-state index in [0.717, 1.165) is 6.07 Å². The maximum Gasteiger partial charge on any atom is 0.336 e. The van der Waals surface area contributed by atoms with Crippen molar-refractivity contribution in [1.82, 2.24) is 5.32 Å². The average molecular weight is 770 g/mol. The molecule has 1 unspecified atom stereocenters. The van der Waals surface area contributed by atoms with Crippen LogP contribution >= 0.6 is 45.8 Å². The summed E-state index contributed by atoms with van der Waals surface area (Å²) in [5.41, 5.74) is -1.74. The third-order valence-corrected chi connectivity index (χ3v) is 9.17. The number of halogens is 5. The number of methoxy groups -OCH3 is 1. The zero-order chi connectivity index (χ0) is 33.4. The first-order chi connectivity index (χ1) is 21.1. The highest BCUT2D eigenvalue weighted by molar-refractivity contribution is 14.1. The van der Waals surface area contributed by atoms with E-state index in [1.165, 1.54) is 49.6 Å². The second-order valence-corrected chi connectivity index (χ2v) is 14.9. The fourth-order valence-electron chi connectivity index (χ4n) is 6.27. The van der Waals surface area contributed by atoms with Gasteiger partial charge in [-0.25, -0.2) is 13.6 Å². The molecule has 3 N–H and O–H groups in total. The quantitative estimate of drug-likeness (QED) is 0.157. The van der Waals surface area contributed by atoms with Crippen molar-refractivity contribution < 1.29 is 28.2 Å². The molecular weight excluding hydrogens is 738 g/mol. The Hall–Kier alpha value is -2.98. The van der Waals surface area contributed by atoms with E-state index in [4.69, 9.17) is 27.9 Å². The van der Waals surface area contributed by atoms with Gasteiger partial charge in [0.05, 0.1) is 35.5 Å². The molecule has 1 aliphatic rings. The standard InChI is InChI=1S/C33H32Cl2F2IN3O4/c1-16(38)25-18(31(43)44)10-12-23(29(25)45-5)40-30(42)28-26(19-7-6-8-21(35)27(19)37)33(15-39,24(41-28)14-32(2,3)4)20-11-9-17(34)13-22(20)36/h6-13,16,24,26,28,41H,14H2,1-5H3,(H,40,42)(H,43,44)/t16?,24-,26-,28+,33-/m0/s1. The molecule has 4 rings (SSSR count). The van der Waals surface area contributed by atoms with Gasteiger partial charge < -0.3 is 20.5 Å². The minimum absolute atomic E-state index is 0.0107. The van der Waals surface area contributed by atoms with Crippen LogP contribution in [0.3, 0.4) is 0 Å². The number of ether oxygens (including phenoxy) is 1. The van der Waals surface area contributed by atoms with Gasteiger partial charge in [0.1, 0.15) is 22.8 Å². The van der Waals surface area contributed by atoms with E-state index in [0.29, 0.717) is 12.0 Å². The number of rotatable bonds is 8. The summed E-state index contributed by atoms with van der Waals surface area (Å²) in [5, 5.41) is 26.8. The number of anilines is 1. The number of nitriles is 1. The number of aromatic carboxylic acids is 1. The van der Waals surface area contributed by atoms with Crippen molar-refractivity contribution in [3.63, 3.8) is 0 Å². The first kappa shape index (κ1) is 34.9. The Labute approximate surface area is 284 Å². The minimum Gasteiger partial charge on any atom is -0.494 e. The summed E-state index contributed by atoms with van der Waals surface area (Å²) >= 11 is 14.4. The second kappa shape index (κ2) is 13.4. The van der Waals surface area contributed by atoms with E-state index < -0.39 is 52.3 Å². The van der Waals surface area contributed by atoms with Crippen LogP contribution in [0.15, 0.2) is 48.5 Å². The van der Waals surface area contributed by atoms with Crippen LogP contribution in [0.25, 0.3) is 0 Å². The molecule has 0 aromatic heterocycles. The van der Waals surface area contributed by atoms with Crippen molar-refractivity contribution in [3.8, 4) is 11.8 Å². The van der Waals surface area contributed by atoms with Crippen molar-refractivity contribution in [3.05, 3.63) is 92.5 Å². The highest BCUT2D eigenvalue weighted by atomic mass is 127. The molecule has 1 saturated heterocycles. The minimum atomic E-state index is -1.80. The predicted octanol–water partition coefficient (Wildman–Crippen LogP) is 8.43. The molecule has 0 spiro atoms. The Morgan fingerprint density at radius 1 is 1.20 bits per heavy atom.